The Morgan fingerprint density at radius 2 is 1.82 bits per heavy atom. The van der Waals surface area contributed by atoms with Crippen molar-refractivity contribution in [1.29, 1.82) is 0 Å². The summed E-state index contributed by atoms with van der Waals surface area (Å²) in [4.78, 5) is 26.2. The van der Waals surface area contributed by atoms with Crippen molar-refractivity contribution in [3.05, 3.63) is 75.2 Å². The molecule has 176 valence electrons. The predicted molar refractivity (Wildman–Crippen MR) is 134 cm³/mol. The molecule has 2 aromatic heterocycles. The van der Waals surface area contributed by atoms with Gasteiger partial charge in [0.25, 0.3) is 5.91 Å². The molecule has 1 N–H and O–H groups in total. The number of methoxy groups -OCH3 is 1. The zero-order valence-corrected chi connectivity index (χ0v) is 20.4. The zero-order chi connectivity index (χ0) is 23.5. The van der Waals surface area contributed by atoms with Crippen molar-refractivity contribution < 1.29 is 14.3 Å². The highest BCUT2D eigenvalue weighted by Crippen LogP contribution is 2.24. The van der Waals surface area contributed by atoms with Gasteiger partial charge in [0.1, 0.15) is 23.9 Å². The number of halogens is 1. The number of aromatic nitrogens is 2. The number of carbonyl (C=O) groups excluding carboxylic acids is 1. The van der Waals surface area contributed by atoms with Crippen LogP contribution in [0.4, 0.5) is 0 Å². The summed E-state index contributed by atoms with van der Waals surface area (Å²) in [5, 5.41) is 0. The summed E-state index contributed by atoms with van der Waals surface area (Å²) in [7, 11) is 1.64. The minimum absolute atomic E-state index is 0.0524. The predicted octanol–water partition coefficient (Wildman–Crippen LogP) is 4.82. The number of fused-ring (bicyclic) bond motifs is 1. The average Bonchev–Trinajstić information content (AvgIpc) is 3.47. The molecule has 4 aromatic rings. The topological polar surface area (TPSA) is 70.7 Å². The van der Waals surface area contributed by atoms with Gasteiger partial charge in [0.15, 0.2) is 0 Å². The molecule has 0 aliphatic carbocycles. The molecule has 9 heteroatoms. The molecule has 0 bridgehead atoms. The van der Waals surface area contributed by atoms with Crippen molar-refractivity contribution in [3.63, 3.8) is 0 Å². The maximum atomic E-state index is 12.9. The molecule has 0 atom stereocenters. The Balaban J connectivity index is 1.13. The van der Waals surface area contributed by atoms with Gasteiger partial charge in [-0.3, -0.25) is 9.69 Å². The third-order valence-corrected chi connectivity index (χ3v) is 7.10. The van der Waals surface area contributed by atoms with Gasteiger partial charge in [0.05, 0.1) is 22.5 Å². The van der Waals surface area contributed by atoms with E-state index in [2.05, 4.69) is 20.9 Å². The molecule has 1 aliphatic heterocycles. The van der Waals surface area contributed by atoms with E-state index in [0.717, 1.165) is 46.6 Å². The van der Waals surface area contributed by atoms with Gasteiger partial charge in [0, 0.05) is 49.2 Å². The monoisotopic (exact) mass is 496 g/mol. The maximum Gasteiger partial charge on any atom is 0.253 e. The largest absolute Gasteiger partial charge is 0.497 e. The SMILES string of the molecule is COc1ccc2nc(COc3ccc(C(=O)N4CCN(Cc5ccc(Cl)s5)CC4)cc3)[nH]c2c1. The lowest BCUT2D eigenvalue weighted by Gasteiger charge is -2.34. The molecular weight excluding hydrogens is 472 g/mol. The number of imidazole rings is 1. The van der Waals surface area contributed by atoms with E-state index in [4.69, 9.17) is 21.1 Å². The van der Waals surface area contributed by atoms with Gasteiger partial charge in [-0.1, -0.05) is 11.6 Å². The molecule has 5 rings (SSSR count). The fraction of sp³-hybridized carbons (Fsp3) is 0.280. The van der Waals surface area contributed by atoms with Crippen LogP contribution in [0, 0.1) is 0 Å². The van der Waals surface area contributed by atoms with Crippen LogP contribution in [0.1, 0.15) is 21.1 Å². The third-order valence-electron chi connectivity index (χ3n) is 5.88. The lowest BCUT2D eigenvalue weighted by atomic mass is 10.1. The number of nitrogens with zero attached hydrogens (tertiary/aromatic N) is 3. The number of piperazine rings is 1. The van der Waals surface area contributed by atoms with Gasteiger partial charge < -0.3 is 19.4 Å². The molecule has 3 heterocycles. The number of ether oxygens (including phenoxy) is 2. The van der Waals surface area contributed by atoms with Gasteiger partial charge >= 0.3 is 0 Å². The van der Waals surface area contributed by atoms with Crippen LogP contribution in [-0.4, -0.2) is 59.0 Å². The molecule has 1 fully saturated rings. The van der Waals surface area contributed by atoms with E-state index >= 15 is 0 Å². The molecular formula is C25H25ClN4O3S. The first-order valence-corrected chi connectivity index (χ1v) is 12.3. The molecule has 0 unspecified atom stereocenters. The molecule has 1 aliphatic rings. The summed E-state index contributed by atoms with van der Waals surface area (Å²) >= 11 is 7.64. The maximum absolute atomic E-state index is 12.9. The van der Waals surface area contributed by atoms with Gasteiger partial charge in [-0.2, -0.15) is 0 Å². The highest BCUT2D eigenvalue weighted by atomic mass is 35.5. The summed E-state index contributed by atoms with van der Waals surface area (Å²) < 4.78 is 11.9. The second-order valence-corrected chi connectivity index (χ2v) is 9.95. The summed E-state index contributed by atoms with van der Waals surface area (Å²) in [6.45, 7) is 4.32. The van der Waals surface area contributed by atoms with E-state index in [1.54, 1.807) is 18.4 Å². The van der Waals surface area contributed by atoms with E-state index in [0.29, 0.717) is 31.0 Å². The Kier molecular flexibility index (Phi) is 6.71. The number of H-pyrrole nitrogens is 1. The number of nitrogens with one attached hydrogen (secondary N) is 1. The number of amides is 1. The second kappa shape index (κ2) is 10.0. The first kappa shape index (κ1) is 22.7. The van der Waals surface area contributed by atoms with E-state index in [-0.39, 0.29) is 5.91 Å². The van der Waals surface area contributed by atoms with E-state index < -0.39 is 0 Å². The van der Waals surface area contributed by atoms with Crippen molar-refractivity contribution in [2.45, 2.75) is 13.2 Å². The van der Waals surface area contributed by atoms with Crippen LogP contribution in [-0.2, 0) is 13.2 Å². The zero-order valence-electron chi connectivity index (χ0n) is 18.8. The highest BCUT2D eigenvalue weighted by Gasteiger charge is 2.22. The first-order valence-electron chi connectivity index (χ1n) is 11.1. The lowest BCUT2D eigenvalue weighted by Crippen LogP contribution is -2.48. The summed E-state index contributed by atoms with van der Waals surface area (Å²) in [6.07, 6.45) is 0. The van der Waals surface area contributed by atoms with E-state index in [9.17, 15) is 4.79 Å². The fourth-order valence-corrected chi connectivity index (χ4v) is 5.16. The summed E-state index contributed by atoms with van der Waals surface area (Å²) in [5.41, 5.74) is 2.43. The minimum atomic E-state index is 0.0524. The van der Waals surface area contributed by atoms with Crippen LogP contribution in [0.2, 0.25) is 4.34 Å². The van der Waals surface area contributed by atoms with Crippen LogP contribution in [0.25, 0.3) is 11.0 Å². The Bertz CT molecular complexity index is 1280. The molecule has 0 spiro atoms. The van der Waals surface area contributed by atoms with E-state index in [1.165, 1.54) is 4.88 Å². The molecule has 0 radical (unpaired) electrons. The second-order valence-electron chi connectivity index (χ2n) is 8.15. The number of thiophene rings is 1. The Labute approximate surface area is 206 Å². The lowest BCUT2D eigenvalue weighted by molar-refractivity contribution is 0.0629. The minimum Gasteiger partial charge on any atom is -0.497 e. The number of carbonyl (C=O) groups is 1. The molecule has 7 nitrogen and oxygen atoms in total. The number of rotatable bonds is 7. The standard InChI is InChI=1S/C25H25ClN4O3S/c1-32-19-6-8-21-22(14-19)28-24(27-21)16-33-18-4-2-17(3-5-18)25(31)30-12-10-29(11-13-30)15-20-7-9-23(26)34-20/h2-9,14H,10-13,15-16H2,1H3,(H,27,28). The van der Waals surface area contributed by atoms with Crippen molar-refractivity contribution in [2.24, 2.45) is 0 Å². The van der Waals surface area contributed by atoms with Crippen molar-refractivity contribution in [1.82, 2.24) is 19.8 Å². The van der Waals surface area contributed by atoms with Crippen LogP contribution >= 0.6 is 22.9 Å². The Hall–Kier alpha value is -3.07. The molecule has 2 aromatic carbocycles. The molecule has 34 heavy (non-hydrogen) atoms. The van der Waals surface area contributed by atoms with Gasteiger partial charge in [0.2, 0.25) is 0 Å². The highest BCUT2D eigenvalue weighted by molar-refractivity contribution is 7.16. The van der Waals surface area contributed by atoms with Crippen LogP contribution in [0.15, 0.2) is 54.6 Å². The normalized spacial score (nSPS) is 14.5. The first-order chi connectivity index (χ1) is 16.6. The van der Waals surface area contributed by atoms with Crippen LogP contribution < -0.4 is 9.47 Å². The Morgan fingerprint density at radius 1 is 1.06 bits per heavy atom. The summed E-state index contributed by atoms with van der Waals surface area (Å²) in [5.74, 6) is 2.24. The molecule has 1 saturated heterocycles. The number of hydrogen-bond donors (Lipinski definition) is 1. The van der Waals surface area contributed by atoms with Gasteiger partial charge in [-0.05, 0) is 48.5 Å². The average molecular weight is 497 g/mol. The number of hydrogen-bond acceptors (Lipinski definition) is 6. The fourth-order valence-electron chi connectivity index (χ4n) is 4.03. The Morgan fingerprint density at radius 3 is 2.53 bits per heavy atom. The molecule has 0 saturated carbocycles. The van der Waals surface area contributed by atoms with Crippen molar-refractivity contribution in [2.75, 3.05) is 33.3 Å². The van der Waals surface area contributed by atoms with Crippen LogP contribution in [0.3, 0.4) is 0 Å². The smallest absolute Gasteiger partial charge is 0.253 e. The van der Waals surface area contributed by atoms with E-state index in [1.807, 2.05) is 53.4 Å². The van der Waals surface area contributed by atoms with Crippen molar-refractivity contribution in [3.8, 4) is 11.5 Å². The van der Waals surface area contributed by atoms with Gasteiger partial charge in [-0.15, -0.1) is 11.3 Å². The quantitative estimate of drug-likeness (QED) is 0.397. The molecule has 1 amide bonds. The van der Waals surface area contributed by atoms with Crippen LogP contribution in [0.5, 0.6) is 11.5 Å². The van der Waals surface area contributed by atoms with Gasteiger partial charge in [-0.25, -0.2) is 4.98 Å². The number of benzene rings is 2. The third kappa shape index (κ3) is 5.19. The van der Waals surface area contributed by atoms with Crippen molar-refractivity contribution >= 4 is 39.9 Å². The summed E-state index contributed by atoms with van der Waals surface area (Å²) in [6, 6.07) is 17.0. The number of aromatic amines is 1.